The molecule has 0 atom stereocenters. The fourth-order valence-corrected chi connectivity index (χ4v) is 3.40. The summed E-state index contributed by atoms with van der Waals surface area (Å²) in [7, 11) is 0. The molecule has 0 bridgehead atoms. The highest BCUT2D eigenvalue weighted by Gasteiger charge is 2.23. The van der Waals surface area contributed by atoms with Crippen LogP contribution in [0.15, 0.2) is 67.3 Å². The molecule has 3 heterocycles. The number of carbonyl (C=O) groups is 1. The van der Waals surface area contributed by atoms with Crippen molar-refractivity contribution in [2.45, 2.75) is 6.54 Å². The van der Waals surface area contributed by atoms with Crippen LogP contribution in [0.4, 0.5) is 15.8 Å². The van der Waals surface area contributed by atoms with Gasteiger partial charge in [0.05, 0.1) is 16.9 Å². The van der Waals surface area contributed by atoms with Crippen molar-refractivity contribution in [3.63, 3.8) is 0 Å². The summed E-state index contributed by atoms with van der Waals surface area (Å²) in [5, 5.41) is 3.28. The molecule has 7 heteroatoms. The van der Waals surface area contributed by atoms with E-state index in [1.165, 1.54) is 6.07 Å². The van der Waals surface area contributed by atoms with Crippen molar-refractivity contribution in [1.82, 2.24) is 14.9 Å². The molecule has 1 amide bonds. The maximum atomic E-state index is 14.0. The van der Waals surface area contributed by atoms with E-state index in [2.05, 4.69) is 15.3 Å². The van der Waals surface area contributed by atoms with Gasteiger partial charge >= 0.3 is 0 Å². The van der Waals surface area contributed by atoms with Gasteiger partial charge in [0.2, 0.25) is 0 Å². The standard InChI is InChI=1S/C22H22FN5O/c23-20-3-1-2-4-21(20)27-9-11-28(12-10-27)22(29)18-13-19(16-25-15-18)26-14-17-5-7-24-8-6-17/h1-8,13,15-16,26H,9-12,14H2. The van der Waals surface area contributed by atoms with E-state index in [0.717, 1.165) is 11.3 Å². The zero-order valence-electron chi connectivity index (χ0n) is 16.0. The molecule has 0 saturated carbocycles. The molecular formula is C22H22FN5O. The van der Waals surface area contributed by atoms with Gasteiger partial charge in [-0.05, 0) is 35.9 Å². The molecule has 1 aliphatic rings. The molecule has 0 radical (unpaired) electrons. The molecule has 2 aromatic heterocycles. The van der Waals surface area contributed by atoms with Crippen LogP contribution >= 0.6 is 0 Å². The number of halogens is 1. The number of nitrogens with zero attached hydrogens (tertiary/aromatic N) is 4. The van der Waals surface area contributed by atoms with Gasteiger partial charge in [-0.3, -0.25) is 14.8 Å². The van der Waals surface area contributed by atoms with Gasteiger partial charge in [0.25, 0.3) is 5.91 Å². The molecule has 1 aliphatic heterocycles. The Hall–Kier alpha value is -3.48. The predicted molar refractivity (Wildman–Crippen MR) is 110 cm³/mol. The molecule has 29 heavy (non-hydrogen) atoms. The van der Waals surface area contributed by atoms with Crippen LogP contribution in [-0.2, 0) is 6.54 Å². The lowest BCUT2D eigenvalue weighted by Gasteiger charge is -2.36. The average Bonchev–Trinajstić information content (AvgIpc) is 2.79. The lowest BCUT2D eigenvalue weighted by molar-refractivity contribution is 0.0746. The SMILES string of the molecule is O=C(c1cncc(NCc2ccncc2)c1)N1CCN(c2ccccc2F)CC1. The zero-order valence-corrected chi connectivity index (χ0v) is 16.0. The third kappa shape index (κ3) is 4.51. The number of rotatable bonds is 5. The van der Waals surface area contributed by atoms with Crippen LogP contribution in [0.1, 0.15) is 15.9 Å². The summed E-state index contributed by atoms with van der Waals surface area (Å²) in [6.07, 6.45) is 6.78. The van der Waals surface area contributed by atoms with E-state index in [9.17, 15) is 9.18 Å². The monoisotopic (exact) mass is 391 g/mol. The first-order valence-electron chi connectivity index (χ1n) is 9.57. The van der Waals surface area contributed by atoms with Crippen molar-refractivity contribution in [2.24, 2.45) is 0 Å². The minimum atomic E-state index is -0.232. The van der Waals surface area contributed by atoms with Crippen molar-refractivity contribution >= 4 is 17.3 Å². The fraction of sp³-hybridized carbons (Fsp3) is 0.227. The number of nitrogens with one attached hydrogen (secondary N) is 1. The number of piperazine rings is 1. The van der Waals surface area contributed by atoms with Crippen LogP contribution in [0.3, 0.4) is 0 Å². The second-order valence-corrected chi connectivity index (χ2v) is 6.90. The van der Waals surface area contributed by atoms with E-state index >= 15 is 0 Å². The third-order valence-electron chi connectivity index (χ3n) is 4.99. The first-order valence-corrected chi connectivity index (χ1v) is 9.57. The van der Waals surface area contributed by atoms with Crippen LogP contribution in [0, 0.1) is 5.82 Å². The first-order chi connectivity index (χ1) is 14.2. The fourth-order valence-electron chi connectivity index (χ4n) is 3.40. The number of hydrogen-bond donors (Lipinski definition) is 1. The molecule has 3 aromatic rings. The Balaban J connectivity index is 1.37. The molecule has 4 rings (SSSR count). The second-order valence-electron chi connectivity index (χ2n) is 6.90. The molecule has 1 saturated heterocycles. The third-order valence-corrected chi connectivity index (χ3v) is 4.99. The summed E-state index contributed by atoms with van der Waals surface area (Å²) < 4.78 is 14.0. The average molecular weight is 391 g/mol. The number of aromatic nitrogens is 2. The van der Waals surface area contributed by atoms with E-state index in [1.807, 2.05) is 29.2 Å². The molecule has 148 valence electrons. The Bertz CT molecular complexity index is 974. The number of anilines is 2. The Labute approximate surface area is 169 Å². The van der Waals surface area contributed by atoms with Gasteiger partial charge in [-0.1, -0.05) is 12.1 Å². The number of hydrogen-bond acceptors (Lipinski definition) is 5. The summed E-state index contributed by atoms with van der Waals surface area (Å²) in [5.41, 5.74) is 3.02. The van der Waals surface area contributed by atoms with Crippen molar-refractivity contribution in [2.75, 3.05) is 36.4 Å². The molecule has 1 N–H and O–H groups in total. The normalized spacial score (nSPS) is 14.0. The minimum absolute atomic E-state index is 0.0572. The summed E-state index contributed by atoms with van der Waals surface area (Å²) >= 11 is 0. The smallest absolute Gasteiger partial charge is 0.255 e. The predicted octanol–water partition coefficient (Wildman–Crippen LogP) is 3.19. The Morgan fingerprint density at radius 1 is 1.00 bits per heavy atom. The summed E-state index contributed by atoms with van der Waals surface area (Å²) in [5.74, 6) is -0.289. The van der Waals surface area contributed by atoms with Crippen molar-refractivity contribution in [3.05, 3.63) is 84.2 Å². The molecular weight excluding hydrogens is 369 g/mol. The highest BCUT2D eigenvalue weighted by atomic mass is 19.1. The quantitative estimate of drug-likeness (QED) is 0.724. The van der Waals surface area contributed by atoms with E-state index in [1.54, 1.807) is 41.8 Å². The molecule has 6 nitrogen and oxygen atoms in total. The van der Waals surface area contributed by atoms with Gasteiger partial charge in [0.1, 0.15) is 5.82 Å². The first kappa shape index (κ1) is 18.9. The molecule has 1 fully saturated rings. The summed E-state index contributed by atoms with van der Waals surface area (Å²) in [6, 6.07) is 12.4. The second kappa shape index (κ2) is 8.68. The van der Waals surface area contributed by atoms with E-state index in [4.69, 9.17) is 0 Å². The van der Waals surface area contributed by atoms with Crippen LogP contribution in [0.25, 0.3) is 0 Å². The largest absolute Gasteiger partial charge is 0.380 e. The lowest BCUT2D eigenvalue weighted by atomic mass is 10.2. The maximum absolute atomic E-state index is 14.0. The van der Waals surface area contributed by atoms with E-state index in [0.29, 0.717) is 44.0 Å². The molecule has 0 aliphatic carbocycles. The van der Waals surface area contributed by atoms with E-state index < -0.39 is 0 Å². The number of amides is 1. The topological polar surface area (TPSA) is 61.4 Å². The Morgan fingerprint density at radius 2 is 1.76 bits per heavy atom. The number of benzene rings is 1. The van der Waals surface area contributed by atoms with Crippen LogP contribution in [-0.4, -0.2) is 47.0 Å². The number of pyridine rings is 2. The summed E-state index contributed by atoms with van der Waals surface area (Å²) in [6.45, 7) is 2.91. The Morgan fingerprint density at radius 3 is 2.52 bits per heavy atom. The summed E-state index contributed by atoms with van der Waals surface area (Å²) in [4.78, 5) is 24.9. The lowest BCUT2D eigenvalue weighted by Crippen LogP contribution is -2.49. The van der Waals surface area contributed by atoms with Gasteiger partial charge < -0.3 is 15.1 Å². The van der Waals surface area contributed by atoms with Crippen molar-refractivity contribution in [1.29, 1.82) is 0 Å². The molecule has 0 spiro atoms. The van der Waals surface area contributed by atoms with Gasteiger partial charge in [-0.2, -0.15) is 0 Å². The van der Waals surface area contributed by atoms with Crippen LogP contribution < -0.4 is 10.2 Å². The maximum Gasteiger partial charge on any atom is 0.255 e. The van der Waals surface area contributed by atoms with E-state index in [-0.39, 0.29) is 11.7 Å². The highest BCUT2D eigenvalue weighted by molar-refractivity contribution is 5.95. The van der Waals surface area contributed by atoms with Crippen molar-refractivity contribution in [3.8, 4) is 0 Å². The van der Waals surface area contributed by atoms with Crippen LogP contribution in [0.2, 0.25) is 0 Å². The van der Waals surface area contributed by atoms with Gasteiger partial charge in [0, 0.05) is 57.5 Å². The van der Waals surface area contributed by atoms with Gasteiger partial charge in [-0.15, -0.1) is 0 Å². The number of carbonyl (C=O) groups excluding carboxylic acids is 1. The van der Waals surface area contributed by atoms with Crippen LogP contribution in [0.5, 0.6) is 0 Å². The minimum Gasteiger partial charge on any atom is -0.380 e. The molecule has 0 unspecified atom stereocenters. The highest BCUT2D eigenvalue weighted by Crippen LogP contribution is 2.21. The zero-order chi connectivity index (χ0) is 20.1. The van der Waals surface area contributed by atoms with Gasteiger partial charge in [0.15, 0.2) is 0 Å². The van der Waals surface area contributed by atoms with Crippen molar-refractivity contribution < 1.29 is 9.18 Å². The van der Waals surface area contributed by atoms with Gasteiger partial charge in [-0.25, -0.2) is 4.39 Å². The Kier molecular flexibility index (Phi) is 5.65. The number of para-hydroxylation sites is 1. The molecule has 1 aromatic carbocycles.